The Kier molecular flexibility index (Phi) is 3.39. The van der Waals surface area contributed by atoms with E-state index in [4.69, 9.17) is 0 Å². The van der Waals surface area contributed by atoms with Crippen LogP contribution in [0.4, 0.5) is 5.69 Å². The average molecular weight is 295 g/mol. The molecule has 1 unspecified atom stereocenters. The van der Waals surface area contributed by atoms with Gasteiger partial charge < -0.3 is 10.6 Å². The molecule has 1 aromatic carbocycles. The fourth-order valence-corrected chi connectivity index (χ4v) is 3.48. The lowest BCUT2D eigenvalue weighted by molar-refractivity contribution is 0.336. The second-order valence-corrected chi connectivity index (χ2v) is 6.15. The minimum absolute atomic E-state index is 0.714. The van der Waals surface area contributed by atoms with Gasteiger partial charge in [-0.2, -0.15) is 0 Å². The standard InChI is InChI=1S/C14H19BrN2/c15-12-1-2-14-13(8-12)11(9-17-14)7-10-3-5-16-6-4-10/h1-2,8,10-11,16-17H,3-7,9H2. The van der Waals surface area contributed by atoms with Crippen molar-refractivity contribution in [1.82, 2.24) is 5.32 Å². The van der Waals surface area contributed by atoms with E-state index in [9.17, 15) is 0 Å². The van der Waals surface area contributed by atoms with Crippen LogP contribution in [0, 0.1) is 5.92 Å². The second kappa shape index (κ2) is 4.99. The Bertz CT molecular complexity index is 399. The van der Waals surface area contributed by atoms with Gasteiger partial charge in [0.2, 0.25) is 0 Å². The van der Waals surface area contributed by atoms with Crippen LogP contribution in [0.15, 0.2) is 22.7 Å². The van der Waals surface area contributed by atoms with Crippen LogP contribution in [0.5, 0.6) is 0 Å². The van der Waals surface area contributed by atoms with Crippen molar-refractivity contribution in [2.24, 2.45) is 5.92 Å². The van der Waals surface area contributed by atoms with E-state index >= 15 is 0 Å². The Balaban J connectivity index is 1.72. The molecule has 0 saturated carbocycles. The Hall–Kier alpha value is -0.540. The average Bonchev–Trinajstić information content (AvgIpc) is 2.73. The van der Waals surface area contributed by atoms with Crippen LogP contribution in [0.25, 0.3) is 0 Å². The summed E-state index contributed by atoms with van der Waals surface area (Å²) in [6.07, 6.45) is 4.04. The van der Waals surface area contributed by atoms with E-state index < -0.39 is 0 Å². The Labute approximate surface area is 111 Å². The summed E-state index contributed by atoms with van der Waals surface area (Å²) in [4.78, 5) is 0. The molecular formula is C14H19BrN2. The molecule has 0 radical (unpaired) electrons. The minimum Gasteiger partial charge on any atom is -0.384 e. The van der Waals surface area contributed by atoms with E-state index in [1.165, 1.54) is 48.1 Å². The van der Waals surface area contributed by atoms with Gasteiger partial charge in [0.05, 0.1) is 0 Å². The molecule has 0 bridgehead atoms. The van der Waals surface area contributed by atoms with E-state index in [1.54, 1.807) is 0 Å². The van der Waals surface area contributed by atoms with Crippen LogP contribution in [0.1, 0.15) is 30.7 Å². The molecule has 1 saturated heterocycles. The van der Waals surface area contributed by atoms with E-state index in [2.05, 4.69) is 44.8 Å². The molecule has 1 atom stereocenters. The number of benzene rings is 1. The number of halogens is 1. The van der Waals surface area contributed by atoms with Gasteiger partial charge in [-0.1, -0.05) is 15.9 Å². The quantitative estimate of drug-likeness (QED) is 0.874. The van der Waals surface area contributed by atoms with Gasteiger partial charge in [-0.15, -0.1) is 0 Å². The van der Waals surface area contributed by atoms with E-state index in [0.717, 1.165) is 12.5 Å². The lowest BCUT2D eigenvalue weighted by Crippen LogP contribution is -2.28. The smallest absolute Gasteiger partial charge is 0.0377 e. The van der Waals surface area contributed by atoms with Gasteiger partial charge >= 0.3 is 0 Å². The molecule has 0 aromatic heterocycles. The van der Waals surface area contributed by atoms with Crippen molar-refractivity contribution in [3.63, 3.8) is 0 Å². The van der Waals surface area contributed by atoms with Crippen molar-refractivity contribution in [3.8, 4) is 0 Å². The van der Waals surface area contributed by atoms with Crippen molar-refractivity contribution < 1.29 is 0 Å². The lowest BCUT2D eigenvalue weighted by Gasteiger charge is -2.25. The van der Waals surface area contributed by atoms with Gasteiger partial charge in [0.1, 0.15) is 0 Å². The fourth-order valence-electron chi connectivity index (χ4n) is 3.11. The SMILES string of the molecule is Brc1ccc2c(c1)C(CC1CCNCC1)CN2. The lowest BCUT2D eigenvalue weighted by atomic mass is 9.85. The number of hydrogen-bond donors (Lipinski definition) is 2. The van der Waals surface area contributed by atoms with Crippen molar-refractivity contribution >= 4 is 21.6 Å². The first kappa shape index (κ1) is 11.5. The molecule has 2 aliphatic rings. The van der Waals surface area contributed by atoms with Gasteiger partial charge in [0.15, 0.2) is 0 Å². The van der Waals surface area contributed by atoms with E-state index in [0.29, 0.717) is 5.92 Å². The third kappa shape index (κ3) is 2.50. The number of piperidine rings is 1. The highest BCUT2D eigenvalue weighted by Gasteiger charge is 2.26. The Morgan fingerprint density at radius 1 is 1.24 bits per heavy atom. The molecule has 1 fully saturated rings. The topological polar surface area (TPSA) is 24.1 Å². The van der Waals surface area contributed by atoms with Crippen LogP contribution >= 0.6 is 15.9 Å². The van der Waals surface area contributed by atoms with E-state index in [-0.39, 0.29) is 0 Å². The first-order valence-corrected chi connectivity index (χ1v) is 7.36. The van der Waals surface area contributed by atoms with Gasteiger partial charge in [-0.25, -0.2) is 0 Å². The van der Waals surface area contributed by atoms with Gasteiger partial charge in [-0.3, -0.25) is 0 Å². The second-order valence-electron chi connectivity index (χ2n) is 5.24. The molecule has 92 valence electrons. The number of rotatable bonds is 2. The molecule has 2 nitrogen and oxygen atoms in total. The van der Waals surface area contributed by atoms with E-state index in [1.807, 2.05) is 0 Å². The molecular weight excluding hydrogens is 276 g/mol. The van der Waals surface area contributed by atoms with Gasteiger partial charge in [0, 0.05) is 22.6 Å². The number of fused-ring (bicyclic) bond motifs is 1. The molecule has 0 spiro atoms. The summed E-state index contributed by atoms with van der Waals surface area (Å²) in [5.74, 6) is 1.62. The Morgan fingerprint density at radius 3 is 2.88 bits per heavy atom. The highest BCUT2D eigenvalue weighted by atomic mass is 79.9. The zero-order valence-electron chi connectivity index (χ0n) is 10.0. The summed E-state index contributed by atoms with van der Waals surface area (Å²) in [7, 11) is 0. The third-order valence-corrected chi connectivity index (χ3v) is 4.56. The molecule has 0 amide bonds. The highest BCUT2D eigenvalue weighted by Crippen LogP contribution is 2.38. The van der Waals surface area contributed by atoms with Crippen LogP contribution in [-0.2, 0) is 0 Å². The normalized spacial score (nSPS) is 24.4. The largest absolute Gasteiger partial charge is 0.384 e. The first-order chi connectivity index (χ1) is 8.33. The summed E-state index contributed by atoms with van der Waals surface area (Å²) >= 11 is 3.58. The summed E-state index contributed by atoms with van der Waals surface area (Å²) in [5.41, 5.74) is 2.85. The maximum atomic E-state index is 3.58. The molecule has 2 aliphatic heterocycles. The third-order valence-electron chi connectivity index (χ3n) is 4.07. The van der Waals surface area contributed by atoms with Crippen molar-refractivity contribution in [2.75, 3.05) is 25.0 Å². The zero-order valence-corrected chi connectivity index (χ0v) is 11.6. The Morgan fingerprint density at radius 2 is 2.06 bits per heavy atom. The zero-order chi connectivity index (χ0) is 11.7. The number of anilines is 1. The van der Waals surface area contributed by atoms with Crippen molar-refractivity contribution in [3.05, 3.63) is 28.2 Å². The predicted octanol–water partition coefficient (Wildman–Crippen LogP) is 3.35. The predicted molar refractivity (Wildman–Crippen MR) is 75.6 cm³/mol. The number of nitrogens with one attached hydrogen (secondary N) is 2. The molecule has 3 heteroatoms. The van der Waals surface area contributed by atoms with Crippen LogP contribution < -0.4 is 10.6 Å². The van der Waals surface area contributed by atoms with Crippen molar-refractivity contribution in [2.45, 2.75) is 25.2 Å². The monoisotopic (exact) mass is 294 g/mol. The summed E-state index contributed by atoms with van der Waals surface area (Å²) in [6, 6.07) is 6.61. The van der Waals surface area contributed by atoms with Crippen LogP contribution in [0.3, 0.4) is 0 Å². The molecule has 17 heavy (non-hydrogen) atoms. The highest BCUT2D eigenvalue weighted by molar-refractivity contribution is 9.10. The molecule has 0 aliphatic carbocycles. The minimum atomic E-state index is 0.714. The molecule has 3 rings (SSSR count). The maximum Gasteiger partial charge on any atom is 0.0377 e. The van der Waals surface area contributed by atoms with Gasteiger partial charge in [0.25, 0.3) is 0 Å². The summed E-state index contributed by atoms with van der Waals surface area (Å²) in [6.45, 7) is 3.53. The molecule has 1 aromatic rings. The molecule has 2 heterocycles. The maximum absolute atomic E-state index is 3.58. The van der Waals surface area contributed by atoms with Gasteiger partial charge in [-0.05, 0) is 62.0 Å². The van der Waals surface area contributed by atoms with Crippen LogP contribution in [-0.4, -0.2) is 19.6 Å². The first-order valence-electron chi connectivity index (χ1n) is 6.57. The fraction of sp³-hybridized carbons (Fsp3) is 0.571. The molecule has 2 N–H and O–H groups in total. The van der Waals surface area contributed by atoms with Crippen molar-refractivity contribution in [1.29, 1.82) is 0 Å². The van der Waals surface area contributed by atoms with Crippen LogP contribution in [0.2, 0.25) is 0 Å². The summed E-state index contributed by atoms with van der Waals surface area (Å²) in [5, 5.41) is 6.98. The summed E-state index contributed by atoms with van der Waals surface area (Å²) < 4.78 is 1.20. The number of hydrogen-bond acceptors (Lipinski definition) is 2.